The van der Waals surface area contributed by atoms with Gasteiger partial charge < -0.3 is 10.1 Å². The molecule has 1 atom stereocenters. The number of rotatable bonds is 9. The van der Waals surface area contributed by atoms with E-state index in [1.165, 1.54) is 42.5 Å². The van der Waals surface area contributed by atoms with Crippen LogP contribution in [0.15, 0.2) is 66.1 Å². The van der Waals surface area contributed by atoms with Crippen molar-refractivity contribution in [1.29, 1.82) is 0 Å². The molecule has 0 aliphatic carbocycles. The molecule has 2 rings (SSSR count). The molecule has 2 aromatic rings. The van der Waals surface area contributed by atoms with E-state index < -0.39 is 28.6 Å². The lowest BCUT2D eigenvalue weighted by Crippen LogP contribution is -2.27. The summed E-state index contributed by atoms with van der Waals surface area (Å²) in [6.45, 7) is 2.29. The summed E-state index contributed by atoms with van der Waals surface area (Å²) in [5.41, 5.74) is 0.842. The maximum atomic E-state index is 12.4. The molecule has 0 aliphatic rings. The first-order valence-electron chi connectivity index (χ1n) is 8.29. The second-order valence-electron chi connectivity index (χ2n) is 5.81. The van der Waals surface area contributed by atoms with Crippen molar-refractivity contribution in [3.63, 3.8) is 0 Å². The lowest BCUT2D eigenvalue weighted by Gasteiger charge is -2.16. The number of carbonyl (C=O) groups is 1. The number of hydrogen-bond acceptors (Lipinski definition) is 4. The van der Waals surface area contributed by atoms with E-state index in [0.29, 0.717) is 5.56 Å². The molecular formula is C19H20F2N2O4S. The predicted molar refractivity (Wildman–Crippen MR) is 101 cm³/mol. The van der Waals surface area contributed by atoms with E-state index in [-0.39, 0.29) is 22.8 Å². The minimum Gasteiger partial charge on any atom is -0.435 e. The summed E-state index contributed by atoms with van der Waals surface area (Å²) in [6, 6.07) is 11.0. The first kappa shape index (κ1) is 21.5. The van der Waals surface area contributed by atoms with Crippen molar-refractivity contribution in [3.8, 4) is 5.75 Å². The quantitative estimate of drug-likeness (QED) is 0.622. The molecule has 0 bridgehead atoms. The highest BCUT2D eigenvalue weighted by Gasteiger charge is 2.16. The van der Waals surface area contributed by atoms with E-state index >= 15 is 0 Å². The molecular weight excluding hydrogens is 390 g/mol. The Kier molecular flexibility index (Phi) is 7.24. The first-order chi connectivity index (χ1) is 13.2. The van der Waals surface area contributed by atoms with Crippen LogP contribution in [-0.4, -0.2) is 27.5 Å². The summed E-state index contributed by atoms with van der Waals surface area (Å²) in [5.74, 6) is -0.439. The highest BCUT2D eigenvalue weighted by atomic mass is 32.2. The monoisotopic (exact) mass is 410 g/mol. The zero-order valence-corrected chi connectivity index (χ0v) is 15.9. The zero-order chi connectivity index (χ0) is 20.7. The Morgan fingerprint density at radius 3 is 2.50 bits per heavy atom. The van der Waals surface area contributed by atoms with Crippen molar-refractivity contribution < 1.29 is 26.7 Å². The first-order valence-corrected chi connectivity index (χ1v) is 9.77. The van der Waals surface area contributed by atoms with E-state index in [9.17, 15) is 22.0 Å². The smallest absolute Gasteiger partial charge is 0.387 e. The van der Waals surface area contributed by atoms with Gasteiger partial charge in [0, 0.05) is 12.1 Å². The summed E-state index contributed by atoms with van der Waals surface area (Å²) < 4.78 is 55.4. The third-order valence-electron chi connectivity index (χ3n) is 3.78. The van der Waals surface area contributed by atoms with Gasteiger partial charge in [0.05, 0.1) is 10.9 Å². The standard InChI is InChI=1S/C19H20F2N2O4S/c1-3-11-22-28(25,26)17-9-7-14(8-10-17)18(24)23-13(2)15-5-4-6-16(12-15)27-19(20)21/h3-10,12-13,19,22H,1,11H2,2H3,(H,23,24). The Balaban J connectivity index is 2.07. The van der Waals surface area contributed by atoms with Crippen molar-refractivity contribution >= 4 is 15.9 Å². The molecule has 0 aliphatic heterocycles. The summed E-state index contributed by atoms with van der Waals surface area (Å²) in [7, 11) is -3.67. The summed E-state index contributed by atoms with van der Waals surface area (Å²) in [4.78, 5) is 12.4. The van der Waals surface area contributed by atoms with E-state index in [2.05, 4.69) is 21.4 Å². The topological polar surface area (TPSA) is 84.5 Å². The molecule has 28 heavy (non-hydrogen) atoms. The molecule has 0 aromatic heterocycles. The van der Waals surface area contributed by atoms with Gasteiger partial charge in [0.25, 0.3) is 5.91 Å². The van der Waals surface area contributed by atoms with Crippen molar-refractivity contribution in [3.05, 3.63) is 72.3 Å². The van der Waals surface area contributed by atoms with Crippen LogP contribution in [0.3, 0.4) is 0 Å². The van der Waals surface area contributed by atoms with E-state index in [1.807, 2.05) is 0 Å². The second kappa shape index (κ2) is 9.43. The number of amides is 1. The largest absolute Gasteiger partial charge is 0.435 e. The Bertz CT molecular complexity index is 931. The van der Waals surface area contributed by atoms with Crippen LogP contribution >= 0.6 is 0 Å². The maximum Gasteiger partial charge on any atom is 0.387 e. The molecule has 0 radical (unpaired) electrons. The van der Waals surface area contributed by atoms with Gasteiger partial charge in [-0.15, -0.1) is 6.58 Å². The maximum absolute atomic E-state index is 12.4. The molecule has 9 heteroatoms. The van der Waals surface area contributed by atoms with Gasteiger partial charge in [-0.05, 0) is 48.9 Å². The highest BCUT2D eigenvalue weighted by Crippen LogP contribution is 2.21. The van der Waals surface area contributed by atoms with Crippen molar-refractivity contribution in [1.82, 2.24) is 10.0 Å². The number of hydrogen-bond donors (Lipinski definition) is 2. The van der Waals surface area contributed by atoms with Crippen molar-refractivity contribution in [2.45, 2.75) is 24.5 Å². The second-order valence-corrected chi connectivity index (χ2v) is 7.58. The Hall–Kier alpha value is -2.78. The lowest BCUT2D eigenvalue weighted by molar-refractivity contribution is -0.0499. The number of nitrogens with one attached hydrogen (secondary N) is 2. The summed E-state index contributed by atoms with van der Waals surface area (Å²) in [6.07, 6.45) is 1.42. The molecule has 1 amide bonds. The molecule has 2 N–H and O–H groups in total. The van der Waals surface area contributed by atoms with E-state index in [1.54, 1.807) is 19.1 Å². The number of alkyl halides is 2. The van der Waals surface area contributed by atoms with Gasteiger partial charge in [0.2, 0.25) is 10.0 Å². The fraction of sp³-hybridized carbons (Fsp3) is 0.211. The third kappa shape index (κ3) is 5.86. The Morgan fingerprint density at radius 1 is 1.21 bits per heavy atom. The number of benzene rings is 2. The molecule has 0 saturated heterocycles. The van der Waals surface area contributed by atoms with Gasteiger partial charge in [-0.3, -0.25) is 4.79 Å². The van der Waals surface area contributed by atoms with Crippen LogP contribution in [0.25, 0.3) is 0 Å². The number of halogens is 2. The molecule has 0 saturated carbocycles. The van der Waals surface area contributed by atoms with Gasteiger partial charge in [0.15, 0.2) is 0 Å². The molecule has 6 nitrogen and oxygen atoms in total. The van der Waals surface area contributed by atoms with Crippen molar-refractivity contribution in [2.75, 3.05) is 6.54 Å². The van der Waals surface area contributed by atoms with Gasteiger partial charge >= 0.3 is 6.61 Å². The average molecular weight is 410 g/mol. The molecule has 0 spiro atoms. The average Bonchev–Trinajstić information content (AvgIpc) is 2.66. The fourth-order valence-electron chi connectivity index (χ4n) is 2.36. The van der Waals surface area contributed by atoms with Crippen LogP contribution in [-0.2, 0) is 10.0 Å². The van der Waals surface area contributed by atoms with Crippen LogP contribution in [0.5, 0.6) is 5.75 Å². The Labute approximate surface area is 162 Å². The normalized spacial score (nSPS) is 12.4. The van der Waals surface area contributed by atoms with Crippen LogP contribution in [0.4, 0.5) is 8.78 Å². The molecule has 1 unspecified atom stereocenters. The Morgan fingerprint density at radius 2 is 1.89 bits per heavy atom. The number of sulfonamides is 1. The van der Waals surface area contributed by atoms with Crippen LogP contribution in [0.2, 0.25) is 0 Å². The number of carbonyl (C=O) groups excluding carboxylic acids is 1. The van der Waals surface area contributed by atoms with E-state index in [4.69, 9.17) is 0 Å². The molecule has 0 heterocycles. The molecule has 0 fully saturated rings. The minimum atomic E-state index is -3.67. The van der Waals surface area contributed by atoms with Crippen LogP contribution in [0, 0.1) is 0 Å². The summed E-state index contributed by atoms with van der Waals surface area (Å²) >= 11 is 0. The van der Waals surface area contributed by atoms with E-state index in [0.717, 1.165) is 0 Å². The SMILES string of the molecule is C=CCNS(=O)(=O)c1ccc(C(=O)NC(C)c2cccc(OC(F)F)c2)cc1. The van der Waals surface area contributed by atoms with Crippen LogP contribution in [0.1, 0.15) is 28.9 Å². The van der Waals surface area contributed by atoms with Gasteiger partial charge in [0.1, 0.15) is 5.75 Å². The summed E-state index contributed by atoms with van der Waals surface area (Å²) in [5, 5.41) is 2.73. The minimum absolute atomic E-state index is 0.00446. The predicted octanol–water partition coefficient (Wildman–Crippen LogP) is 3.24. The van der Waals surface area contributed by atoms with Crippen molar-refractivity contribution in [2.24, 2.45) is 0 Å². The highest BCUT2D eigenvalue weighted by molar-refractivity contribution is 7.89. The third-order valence-corrected chi connectivity index (χ3v) is 5.21. The molecule has 150 valence electrons. The van der Waals surface area contributed by atoms with Gasteiger partial charge in [-0.1, -0.05) is 18.2 Å². The van der Waals surface area contributed by atoms with Crippen LogP contribution < -0.4 is 14.8 Å². The fourth-order valence-corrected chi connectivity index (χ4v) is 3.36. The lowest BCUT2D eigenvalue weighted by atomic mass is 10.1. The van der Waals surface area contributed by atoms with Gasteiger partial charge in [-0.2, -0.15) is 8.78 Å². The molecule has 2 aromatic carbocycles. The van der Waals surface area contributed by atoms with Gasteiger partial charge in [-0.25, -0.2) is 13.1 Å². The zero-order valence-electron chi connectivity index (χ0n) is 15.1. The number of ether oxygens (including phenoxy) is 1.